The molecular weight excluding hydrogens is 154 g/mol. The summed E-state index contributed by atoms with van der Waals surface area (Å²) in [5.41, 5.74) is -0.803. The van der Waals surface area contributed by atoms with Gasteiger partial charge in [-0.1, -0.05) is 19.4 Å². The summed E-state index contributed by atoms with van der Waals surface area (Å²) in [6.45, 7) is 7.72. The highest BCUT2D eigenvalue weighted by Gasteiger charge is 2.30. The molecule has 2 N–H and O–H groups in total. The molecule has 0 rings (SSSR count). The summed E-state index contributed by atoms with van der Waals surface area (Å²) in [4.78, 5) is 10.8. The lowest BCUT2D eigenvalue weighted by molar-refractivity contribution is -0.144. The van der Waals surface area contributed by atoms with Gasteiger partial charge in [-0.15, -0.1) is 6.58 Å². The predicted molar refractivity (Wildman–Crippen MR) is 49.1 cm³/mol. The van der Waals surface area contributed by atoms with Gasteiger partial charge < -0.3 is 5.11 Å². The normalized spacial score (nSPS) is 15.2. The average Bonchev–Trinajstić information content (AvgIpc) is 2.01. The molecule has 0 aliphatic rings. The summed E-state index contributed by atoms with van der Waals surface area (Å²) in [5, 5.41) is 11.8. The van der Waals surface area contributed by atoms with E-state index >= 15 is 0 Å². The first-order valence-electron chi connectivity index (χ1n) is 4.16. The number of carbonyl (C=O) groups is 1. The molecule has 0 amide bonds. The van der Waals surface area contributed by atoms with Crippen LogP contribution in [0.1, 0.15) is 26.7 Å². The zero-order valence-corrected chi connectivity index (χ0v) is 7.76. The molecule has 0 heterocycles. The lowest BCUT2D eigenvalue weighted by Gasteiger charge is -2.24. The molecule has 0 aliphatic heterocycles. The summed E-state index contributed by atoms with van der Waals surface area (Å²) >= 11 is 0. The smallest absolute Gasteiger partial charge is 0.323 e. The van der Waals surface area contributed by atoms with Crippen molar-refractivity contribution in [2.45, 2.75) is 32.2 Å². The summed E-state index contributed by atoms with van der Waals surface area (Å²) in [5.74, 6) is -0.800. The molecule has 0 aromatic carbocycles. The van der Waals surface area contributed by atoms with Crippen LogP contribution in [0.2, 0.25) is 0 Å². The Morgan fingerprint density at radius 1 is 1.75 bits per heavy atom. The van der Waals surface area contributed by atoms with Crippen LogP contribution in [0, 0.1) is 0 Å². The molecular formula is C9H17NO2. The fourth-order valence-corrected chi connectivity index (χ4v) is 1.07. The van der Waals surface area contributed by atoms with Crippen LogP contribution in [0.15, 0.2) is 12.7 Å². The van der Waals surface area contributed by atoms with Crippen molar-refractivity contribution in [3.8, 4) is 0 Å². The average molecular weight is 171 g/mol. The molecule has 0 bridgehead atoms. The SMILES string of the molecule is C=CCNC(C)(CCC)C(=O)O. The maximum absolute atomic E-state index is 10.8. The Bertz CT molecular complexity index is 168. The Labute approximate surface area is 73.5 Å². The number of carboxylic acid groups (broad SMARTS) is 1. The van der Waals surface area contributed by atoms with Gasteiger partial charge in [-0.05, 0) is 13.3 Å². The van der Waals surface area contributed by atoms with Gasteiger partial charge in [0.05, 0.1) is 0 Å². The molecule has 3 nitrogen and oxygen atoms in total. The van der Waals surface area contributed by atoms with Gasteiger partial charge in [-0.3, -0.25) is 10.1 Å². The number of carboxylic acids is 1. The van der Waals surface area contributed by atoms with E-state index in [4.69, 9.17) is 5.11 Å². The van der Waals surface area contributed by atoms with E-state index in [1.54, 1.807) is 13.0 Å². The van der Waals surface area contributed by atoms with Crippen molar-refractivity contribution in [1.82, 2.24) is 5.32 Å². The maximum Gasteiger partial charge on any atom is 0.323 e. The van der Waals surface area contributed by atoms with Gasteiger partial charge in [-0.25, -0.2) is 0 Å². The fraction of sp³-hybridized carbons (Fsp3) is 0.667. The van der Waals surface area contributed by atoms with E-state index in [1.807, 2.05) is 6.92 Å². The minimum Gasteiger partial charge on any atom is -0.480 e. The number of hydrogen-bond donors (Lipinski definition) is 2. The van der Waals surface area contributed by atoms with Crippen LogP contribution < -0.4 is 5.32 Å². The molecule has 0 saturated heterocycles. The van der Waals surface area contributed by atoms with E-state index < -0.39 is 11.5 Å². The van der Waals surface area contributed by atoms with Crippen molar-refractivity contribution in [2.24, 2.45) is 0 Å². The van der Waals surface area contributed by atoms with E-state index in [0.717, 1.165) is 6.42 Å². The van der Waals surface area contributed by atoms with E-state index in [9.17, 15) is 4.79 Å². The summed E-state index contributed by atoms with van der Waals surface area (Å²) in [7, 11) is 0. The van der Waals surface area contributed by atoms with Crippen molar-refractivity contribution < 1.29 is 9.90 Å². The third-order valence-corrected chi connectivity index (χ3v) is 1.86. The standard InChI is InChI=1S/C9H17NO2/c1-4-6-9(3,8(11)12)10-7-5-2/h5,10H,2,4,6-7H2,1,3H3,(H,11,12). The number of hydrogen-bond acceptors (Lipinski definition) is 2. The molecule has 0 fully saturated rings. The number of rotatable bonds is 6. The zero-order valence-electron chi connectivity index (χ0n) is 7.76. The quantitative estimate of drug-likeness (QED) is 0.594. The lowest BCUT2D eigenvalue weighted by Crippen LogP contribution is -2.49. The van der Waals surface area contributed by atoms with Crippen molar-refractivity contribution >= 4 is 5.97 Å². The Hall–Kier alpha value is -0.830. The van der Waals surface area contributed by atoms with Crippen LogP contribution in [0.4, 0.5) is 0 Å². The molecule has 0 radical (unpaired) electrons. The van der Waals surface area contributed by atoms with Gasteiger partial charge in [0.15, 0.2) is 0 Å². The lowest BCUT2D eigenvalue weighted by atomic mass is 9.96. The van der Waals surface area contributed by atoms with E-state index in [0.29, 0.717) is 13.0 Å². The van der Waals surface area contributed by atoms with Crippen molar-refractivity contribution in [3.63, 3.8) is 0 Å². The van der Waals surface area contributed by atoms with E-state index in [1.165, 1.54) is 0 Å². The molecule has 12 heavy (non-hydrogen) atoms. The third-order valence-electron chi connectivity index (χ3n) is 1.86. The van der Waals surface area contributed by atoms with Gasteiger partial charge in [-0.2, -0.15) is 0 Å². The van der Waals surface area contributed by atoms with E-state index in [2.05, 4.69) is 11.9 Å². The molecule has 0 aromatic heterocycles. The first-order chi connectivity index (χ1) is 5.56. The number of nitrogens with one attached hydrogen (secondary N) is 1. The highest BCUT2D eigenvalue weighted by Crippen LogP contribution is 2.11. The first-order valence-corrected chi connectivity index (χ1v) is 4.16. The Morgan fingerprint density at radius 3 is 2.67 bits per heavy atom. The fourth-order valence-electron chi connectivity index (χ4n) is 1.07. The largest absolute Gasteiger partial charge is 0.480 e. The van der Waals surface area contributed by atoms with Gasteiger partial charge >= 0.3 is 5.97 Å². The Balaban J connectivity index is 4.17. The predicted octanol–water partition coefficient (Wildman–Crippen LogP) is 1.41. The highest BCUT2D eigenvalue weighted by atomic mass is 16.4. The second-order valence-corrected chi connectivity index (χ2v) is 3.06. The number of aliphatic carboxylic acids is 1. The molecule has 70 valence electrons. The van der Waals surface area contributed by atoms with Crippen molar-refractivity contribution in [2.75, 3.05) is 6.54 Å². The topological polar surface area (TPSA) is 49.3 Å². The molecule has 1 atom stereocenters. The van der Waals surface area contributed by atoms with E-state index in [-0.39, 0.29) is 0 Å². The molecule has 0 saturated carbocycles. The molecule has 1 unspecified atom stereocenters. The van der Waals surface area contributed by atoms with Crippen LogP contribution in [0.3, 0.4) is 0 Å². The van der Waals surface area contributed by atoms with Crippen LogP contribution in [-0.2, 0) is 4.79 Å². The van der Waals surface area contributed by atoms with Crippen LogP contribution in [0.25, 0.3) is 0 Å². The summed E-state index contributed by atoms with van der Waals surface area (Å²) < 4.78 is 0. The van der Waals surface area contributed by atoms with Gasteiger partial charge in [0.1, 0.15) is 5.54 Å². The summed E-state index contributed by atoms with van der Waals surface area (Å²) in [6.07, 6.45) is 3.15. The van der Waals surface area contributed by atoms with Crippen molar-refractivity contribution in [3.05, 3.63) is 12.7 Å². The zero-order chi connectivity index (χ0) is 9.61. The van der Waals surface area contributed by atoms with Crippen LogP contribution in [0.5, 0.6) is 0 Å². The minimum atomic E-state index is -0.803. The maximum atomic E-state index is 10.8. The van der Waals surface area contributed by atoms with Crippen LogP contribution in [-0.4, -0.2) is 23.2 Å². The molecule has 0 spiro atoms. The minimum absolute atomic E-state index is 0.531. The highest BCUT2D eigenvalue weighted by molar-refractivity contribution is 5.78. The molecule has 0 aromatic rings. The second kappa shape index (κ2) is 4.93. The van der Waals surface area contributed by atoms with Crippen LogP contribution >= 0.6 is 0 Å². The molecule has 0 aliphatic carbocycles. The molecule has 3 heteroatoms. The Morgan fingerprint density at radius 2 is 2.33 bits per heavy atom. The van der Waals surface area contributed by atoms with Crippen molar-refractivity contribution in [1.29, 1.82) is 0 Å². The summed E-state index contributed by atoms with van der Waals surface area (Å²) in [6, 6.07) is 0. The van der Waals surface area contributed by atoms with Gasteiger partial charge in [0.25, 0.3) is 0 Å². The Kier molecular flexibility index (Phi) is 4.59. The first kappa shape index (κ1) is 11.2. The second-order valence-electron chi connectivity index (χ2n) is 3.06. The van der Waals surface area contributed by atoms with Gasteiger partial charge in [0.2, 0.25) is 0 Å². The monoisotopic (exact) mass is 171 g/mol. The third kappa shape index (κ3) is 3.05. The van der Waals surface area contributed by atoms with Gasteiger partial charge in [0, 0.05) is 6.54 Å².